The van der Waals surface area contributed by atoms with E-state index in [0.29, 0.717) is 6.54 Å². The van der Waals surface area contributed by atoms with Gasteiger partial charge in [0.1, 0.15) is 5.52 Å². The number of nitrogens with zero attached hydrogens (tertiary/aromatic N) is 3. The van der Waals surface area contributed by atoms with E-state index in [9.17, 15) is 0 Å². The van der Waals surface area contributed by atoms with Crippen molar-refractivity contribution in [3.8, 4) is 0 Å². The van der Waals surface area contributed by atoms with Crippen molar-refractivity contribution in [1.82, 2.24) is 15.0 Å². The van der Waals surface area contributed by atoms with E-state index in [2.05, 4.69) is 16.4 Å². The molecule has 0 radical (unpaired) electrons. The lowest BCUT2D eigenvalue weighted by molar-refractivity contribution is 0.683. The summed E-state index contributed by atoms with van der Waals surface area (Å²) in [6.07, 6.45) is 4.11. The first-order valence-corrected chi connectivity index (χ1v) is 6.41. The third-order valence-electron chi connectivity index (χ3n) is 2.88. The van der Waals surface area contributed by atoms with Crippen molar-refractivity contribution >= 4 is 28.7 Å². The van der Waals surface area contributed by atoms with Gasteiger partial charge in [-0.05, 0) is 29.8 Å². The van der Waals surface area contributed by atoms with Gasteiger partial charge in [-0.1, -0.05) is 53.2 Å². The highest BCUT2D eigenvalue weighted by Crippen LogP contribution is 2.12. The highest BCUT2D eigenvalue weighted by atomic mass is 35.5. The third kappa shape index (κ3) is 2.66. The van der Waals surface area contributed by atoms with Gasteiger partial charge in [0, 0.05) is 5.02 Å². The van der Waals surface area contributed by atoms with Gasteiger partial charge in [-0.25, -0.2) is 4.68 Å². The Morgan fingerprint density at radius 3 is 2.68 bits per heavy atom. The smallest absolute Gasteiger partial charge is 0.113 e. The second-order valence-electron chi connectivity index (χ2n) is 4.21. The molecule has 3 aromatic rings. The first-order valence-electron chi connectivity index (χ1n) is 6.03. The minimum atomic E-state index is 0.698. The monoisotopic (exact) mass is 269 g/mol. The zero-order chi connectivity index (χ0) is 13.1. The van der Waals surface area contributed by atoms with Crippen LogP contribution in [0.3, 0.4) is 0 Å². The maximum absolute atomic E-state index is 5.85. The number of allylic oxidation sites excluding steroid dienone is 1. The fourth-order valence-electron chi connectivity index (χ4n) is 1.91. The van der Waals surface area contributed by atoms with Crippen LogP contribution in [-0.4, -0.2) is 15.0 Å². The van der Waals surface area contributed by atoms with Crippen molar-refractivity contribution in [1.29, 1.82) is 0 Å². The first-order chi connectivity index (χ1) is 9.33. The zero-order valence-electron chi connectivity index (χ0n) is 10.2. The average molecular weight is 270 g/mol. The number of benzene rings is 2. The Morgan fingerprint density at radius 1 is 1.05 bits per heavy atom. The Morgan fingerprint density at radius 2 is 1.84 bits per heavy atom. The summed E-state index contributed by atoms with van der Waals surface area (Å²) in [5.74, 6) is 0. The maximum atomic E-state index is 5.85. The van der Waals surface area contributed by atoms with Gasteiger partial charge >= 0.3 is 0 Å². The molecular formula is C15H12ClN3. The number of aromatic nitrogens is 3. The fraction of sp³-hybridized carbons (Fsp3) is 0.0667. The number of halogens is 1. The molecule has 0 aliphatic rings. The van der Waals surface area contributed by atoms with E-state index in [1.54, 1.807) is 0 Å². The number of para-hydroxylation sites is 1. The molecule has 19 heavy (non-hydrogen) atoms. The first kappa shape index (κ1) is 11.9. The lowest BCUT2D eigenvalue weighted by Crippen LogP contribution is -1.97. The molecule has 3 nitrogen and oxygen atoms in total. The normalized spacial score (nSPS) is 11.4. The van der Waals surface area contributed by atoms with E-state index < -0.39 is 0 Å². The average Bonchev–Trinajstić information content (AvgIpc) is 2.85. The minimum Gasteiger partial charge on any atom is -0.241 e. The second-order valence-corrected chi connectivity index (χ2v) is 4.65. The van der Waals surface area contributed by atoms with Gasteiger partial charge in [-0.15, -0.1) is 5.10 Å². The second kappa shape index (κ2) is 5.24. The van der Waals surface area contributed by atoms with Crippen LogP contribution in [0.4, 0.5) is 0 Å². The van der Waals surface area contributed by atoms with Gasteiger partial charge in [0.2, 0.25) is 0 Å². The highest BCUT2D eigenvalue weighted by Gasteiger charge is 2.00. The lowest BCUT2D eigenvalue weighted by atomic mass is 10.2. The number of hydrogen-bond donors (Lipinski definition) is 0. The fourth-order valence-corrected chi connectivity index (χ4v) is 2.04. The molecule has 0 fully saturated rings. The Balaban J connectivity index is 1.77. The standard InChI is InChI=1S/C15H12ClN3/c16-13-9-7-12(8-10-13)4-3-11-19-15-6-2-1-5-14(15)17-18-19/h1-10H,11H2/b4-3+. The van der Waals surface area contributed by atoms with E-state index in [1.807, 2.05) is 59.3 Å². The Labute approximate surface area is 116 Å². The molecule has 1 aromatic heterocycles. The van der Waals surface area contributed by atoms with Crippen LogP contribution < -0.4 is 0 Å². The van der Waals surface area contributed by atoms with E-state index >= 15 is 0 Å². The van der Waals surface area contributed by atoms with E-state index in [4.69, 9.17) is 11.6 Å². The van der Waals surface area contributed by atoms with Crippen molar-refractivity contribution < 1.29 is 0 Å². The summed E-state index contributed by atoms with van der Waals surface area (Å²) >= 11 is 5.85. The quantitative estimate of drug-likeness (QED) is 0.724. The summed E-state index contributed by atoms with van der Waals surface area (Å²) in [4.78, 5) is 0. The van der Waals surface area contributed by atoms with Crippen molar-refractivity contribution in [2.75, 3.05) is 0 Å². The molecule has 0 N–H and O–H groups in total. The van der Waals surface area contributed by atoms with Crippen molar-refractivity contribution in [2.24, 2.45) is 0 Å². The molecule has 0 saturated heterocycles. The zero-order valence-corrected chi connectivity index (χ0v) is 11.0. The van der Waals surface area contributed by atoms with E-state index in [1.165, 1.54) is 0 Å². The van der Waals surface area contributed by atoms with Gasteiger partial charge in [0.05, 0.1) is 12.1 Å². The van der Waals surface area contributed by atoms with Gasteiger partial charge < -0.3 is 0 Å². The number of fused-ring (bicyclic) bond motifs is 1. The maximum Gasteiger partial charge on any atom is 0.113 e. The Kier molecular flexibility index (Phi) is 3.29. The molecule has 0 spiro atoms. The van der Waals surface area contributed by atoms with Gasteiger partial charge in [-0.3, -0.25) is 0 Å². The SMILES string of the molecule is Clc1ccc(/C=C/Cn2nnc3ccccc32)cc1. The van der Waals surface area contributed by atoms with Crippen LogP contribution >= 0.6 is 11.6 Å². The van der Waals surface area contributed by atoms with Crippen LogP contribution in [0.5, 0.6) is 0 Å². The van der Waals surface area contributed by atoms with Gasteiger partial charge in [0.25, 0.3) is 0 Å². The molecule has 94 valence electrons. The summed E-state index contributed by atoms with van der Waals surface area (Å²) in [6.45, 7) is 0.698. The Bertz CT molecular complexity index is 714. The molecule has 2 aromatic carbocycles. The molecule has 0 saturated carbocycles. The van der Waals surface area contributed by atoms with Crippen molar-refractivity contribution in [3.63, 3.8) is 0 Å². The molecule has 0 bridgehead atoms. The summed E-state index contributed by atoms with van der Waals surface area (Å²) < 4.78 is 1.88. The summed E-state index contributed by atoms with van der Waals surface area (Å²) in [7, 11) is 0. The molecule has 4 heteroatoms. The number of hydrogen-bond acceptors (Lipinski definition) is 2. The largest absolute Gasteiger partial charge is 0.241 e. The minimum absolute atomic E-state index is 0.698. The topological polar surface area (TPSA) is 30.7 Å². The predicted molar refractivity (Wildman–Crippen MR) is 78.0 cm³/mol. The van der Waals surface area contributed by atoms with Crippen molar-refractivity contribution in [3.05, 3.63) is 65.2 Å². The molecule has 3 rings (SSSR count). The lowest BCUT2D eigenvalue weighted by Gasteiger charge is -1.97. The van der Waals surface area contributed by atoms with Crippen molar-refractivity contribution in [2.45, 2.75) is 6.54 Å². The summed E-state index contributed by atoms with van der Waals surface area (Å²) in [6, 6.07) is 15.7. The molecule has 0 amide bonds. The molecule has 0 aliphatic heterocycles. The highest BCUT2D eigenvalue weighted by molar-refractivity contribution is 6.30. The summed E-state index contributed by atoms with van der Waals surface area (Å²) in [5, 5.41) is 9.00. The van der Waals surface area contributed by atoms with Gasteiger partial charge in [0.15, 0.2) is 0 Å². The third-order valence-corrected chi connectivity index (χ3v) is 3.13. The molecule has 0 atom stereocenters. The molecule has 0 unspecified atom stereocenters. The van der Waals surface area contributed by atoms with E-state index in [-0.39, 0.29) is 0 Å². The molecule has 0 aliphatic carbocycles. The van der Waals surface area contributed by atoms with Gasteiger partial charge in [-0.2, -0.15) is 0 Å². The predicted octanol–water partition coefficient (Wildman–Crippen LogP) is 3.80. The Hall–Kier alpha value is -2.13. The van der Waals surface area contributed by atoms with Crippen LogP contribution in [0, 0.1) is 0 Å². The van der Waals surface area contributed by atoms with E-state index in [0.717, 1.165) is 21.6 Å². The van der Waals surface area contributed by atoms with Crippen LogP contribution in [0.2, 0.25) is 5.02 Å². The molecule has 1 heterocycles. The van der Waals surface area contributed by atoms with Crippen LogP contribution in [0.1, 0.15) is 5.56 Å². The van der Waals surface area contributed by atoms with Crippen LogP contribution in [-0.2, 0) is 6.54 Å². The number of rotatable bonds is 3. The molecular weight excluding hydrogens is 258 g/mol. The summed E-state index contributed by atoms with van der Waals surface area (Å²) in [5.41, 5.74) is 3.08. The van der Waals surface area contributed by atoms with Crippen LogP contribution in [0.15, 0.2) is 54.6 Å². The van der Waals surface area contributed by atoms with Crippen LogP contribution in [0.25, 0.3) is 17.1 Å².